The lowest BCUT2D eigenvalue weighted by Crippen LogP contribution is -2.34. The molecule has 2 nitrogen and oxygen atoms in total. The van der Waals surface area contributed by atoms with Crippen LogP contribution in [0.2, 0.25) is 5.02 Å². The molecule has 0 radical (unpaired) electrons. The Hall–Kier alpha value is -1.32. The van der Waals surface area contributed by atoms with Gasteiger partial charge < -0.3 is 5.32 Å². The number of rotatable bonds is 4. The molecule has 1 aromatic heterocycles. The van der Waals surface area contributed by atoms with Crippen LogP contribution in [-0.2, 0) is 16.8 Å². The van der Waals surface area contributed by atoms with Gasteiger partial charge in [-0.2, -0.15) is 0 Å². The molecule has 0 spiro atoms. The van der Waals surface area contributed by atoms with Crippen LogP contribution in [0.25, 0.3) is 0 Å². The molecular weight excluding hydrogens is 278 g/mol. The molecule has 1 aliphatic carbocycles. The van der Waals surface area contributed by atoms with Crippen LogP contribution in [0, 0.1) is 0 Å². The number of carbonyl (C=O) groups is 1. The molecule has 0 saturated heterocycles. The van der Waals surface area contributed by atoms with Gasteiger partial charge in [-0.15, -0.1) is 11.3 Å². The summed E-state index contributed by atoms with van der Waals surface area (Å²) >= 11 is 7.67. The average molecular weight is 292 g/mol. The summed E-state index contributed by atoms with van der Waals surface area (Å²) in [4.78, 5) is 13.6. The summed E-state index contributed by atoms with van der Waals surface area (Å²) in [6.45, 7) is 0.610. The van der Waals surface area contributed by atoms with E-state index in [9.17, 15) is 4.79 Å². The fraction of sp³-hybridized carbons (Fsp3) is 0.267. The molecule has 1 aromatic carbocycles. The van der Waals surface area contributed by atoms with E-state index >= 15 is 0 Å². The van der Waals surface area contributed by atoms with Crippen LogP contribution < -0.4 is 5.32 Å². The minimum Gasteiger partial charge on any atom is -0.350 e. The lowest BCUT2D eigenvalue weighted by molar-refractivity contribution is -0.123. The molecule has 4 heteroatoms. The minimum absolute atomic E-state index is 0.114. The Kier molecular flexibility index (Phi) is 3.33. The molecular formula is C15H14ClNOS. The highest BCUT2D eigenvalue weighted by atomic mass is 35.5. The number of amides is 1. The van der Waals surface area contributed by atoms with E-state index in [2.05, 4.69) is 5.32 Å². The van der Waals surface area contributed by atoms with Crippen molar-refractivity contribution in [2.45, 2.75) is 24.8 Å². The van der Waals surface area contributed by atoms with E-state index in [1.165, 1.54) is 4.88 Å². The number of nitrogens with one attached hydrogen (secondary N) is 1. The van der Waals surface area contributed by atoms with Crippen LogP contribution in [0.3, 0.4) is 0 Å². The van der Waals surface area contributed by atoms with Crippen molar-refractivity contribution in [3.63, 3.8) is 0 Å². The van der Waals surface area contributed by atoms with Crippen molar-refractivity contribution in [1.29, 1.82) is 0 Å². The van der Waals surface area contributed by atoms with Crippen LogP contribution in [0.5, 0.6) is 0 Å². The van der Waals surface area contributed by atoms with Crippen LogP contribution in [0.15, 0.2) is 41.8 Å². The van der Waals surface area contributed by atoms with Crippen molar-refractivity contribution in [1.82, 2.24) is 5.32 Å². The third-order valence-corrected chi connectivity index (χ3v) is 4.68. The molecule has 1 fully saturated rings. The van der Waals surface area contributed by atoms with E-state index in [-0.39, 0.29) is 11.3 Å². The van der Waals surface area contributed by atoms with Gasteiger partial charge in [0.05, 0.1) is 12.0 Å². The summed E-state index contributed by atoms with van der Waals surface area (Å²) in [6.07, 6.45) is 1.81. The number of hydrogen-bond acceptors (Lipinski definition) is 2. The van der Waals surface area contributed by atoms with E-state index in [1.54, 1.807) is 11.3 Å². The lowest BCUT2D eigenvalue weighted by atomic mass is 9.95. The number of carbonyl (C=O) groups excluding carboxylic acids is 1. The van der Waals surface area contributed by atoms with Gasteiger partial charge in [-0.05, 0) is 42.0 Å². The standard InChI is InChI=1S/C15H14ClNOS/c16-12-4-1-3-11(9-12)15(6-7-15)14(18)17-10-13-5-2-8-19-13/h1-5,8-9H,6-7,10H2,(H,17,18). The number of thiophene rings is 1. The van der Waals surface area contributed by atoms with E-state index in [0.717, 1.165) is 18.4 Å². The second-order valence-electron chi connectivity index (χ2n) is 4.85. The van der Waals surface area contributed by atoms with E-state index in [4.69, 9.17) is 11.6 Å². The van der Waals surface area contributed by atoms with Gasteiger partial charge in [-0.25, -0.2) is 0 Å². The van der Waals surface area contributed by atoms with E-state index in [0.29, 0.717) is 11.6 Å². The fourth-order valence-electron chi connectivity index (χ4n) is 2.31. The predicted molar refractivity (Wildman–Crippen MR) is 78.5 cm³/mol. The third-order valence-electron chi connectivity index (χ3n) is 3.57. The zero-order valence-corrected chi connectivity index (χ0v) is 11.9. The molecule has 0 bridgehead atoms. The van der Waals surface area contributed by atoms with Gasteiger partial charge in [0.1, 0.15) is 0 Å². The topological polar surface area (TPSA) is 29.1 Å². The highest BCUT2D eigenvalue weighted by Gasteiger charge is 2.51. The first-order valence-corrected chi connectivity index (χ1v) is 7.53. The fourth-order valence-corrected chi connectivity index (χ4v) is 3.14. The van der Waals surface area contributed by atoms with Gasteiger partial charge in [0.2, 0.25) is 5.91 Å². The number of hydrogen-bond donors (Lipinski definition) is 1. The summed E-state index contributed by atoms with van der Waals surface area (Å²) in [6, 6.07) is 11.7. The van der Waals surface area contributed by atoms with Crippen molar-refractivity contribution in [3.05, 3.63) is 57.2 Å². The van der Waals surface area contributed by atoms with Crippen molar-refractivity contribution in [2.24, 2.45) is 0 Å². The molecule has 1 aliphatic rings. The summed E-state index contributed by atoms with van der Waals surface area (Å²) in [5, 5.41) is 5.74. The molecule has 0 atom stereocenters. The third kappa shape index (κ3) is 2.53. The van der Waals surface area contributed by atoms with Gasteiger partial charge in [-0.3, -0.25) is 4.79 Å². The second kappa shape index (κ2) is 4.99. The van der Waals surface area contributed by atoms with Crippen molar-refractivity contribution in [2.75, 3.05) is 0 Å². The van der Waals surface area contributed by atoms with Crippen LogP contribution in [0.1, 0.15) is 23.3 Å². The van der Waals surface area contributed by atoms with Gasteiger partial charge in [0.25, 0.3) is 0 Å². The summed E-state index contributed by atoms with van der Waals surface area (Å²) in [7, 11) is 0. The second-order valence-corrected chi connectivity index (χ2v) is 6.32. The molecule has 1 amide bonds. The first kappa shape index (κ1) is 12.7. The van der Waals surface area contributed by atoms with Crippen LogP contribution in [-0.4, -0.2) is 5.91 Å². The van der Waals surface area contributed by atoms with Crippen LogP contribution in [0.4, 0.5) is 0 Å². The minimum atomic E-state index is -0.345. The summed E-state index contributed by atoms with van der Waals surface area (Å²) < 4.78 is 0. The van der Waals surface area contributed by atoms with E-state index < -0.39 is 0 Å². The Morgan fingerprint density at radius 1 is 1.32 bits per heavy atom. The summed E-state index contributed by atoms with van der Waals surface area (Å²) in [5.41, 5.74) is 0.686. The van der Waals surface area contributed by atoms with Gasteiger partial charge in [-0.1, -0.05) is 29.8 Å². The molecule has 2 aromatic rings. The monoisotopic (exact) mass is 291 g/mol. The lowest BCUT2D eigenvalue weighted by Gasteiger charge is -2.15. The first-order valence-electron chi connectivity index (χ1n) is 6.27. The maximum Gasteiger partial charge on any atom is 0.230 e. The Labute approximate surface area is 121 Å². The number of benzene rings is 1. The Balaban J connectivity index is 1.72. The molecule has 1 N–H and O–H groups in total. The Morgan fingerprint density at radius 3 is 2.79 bits per heavy atom. The Morgan fingerprint density at radius 2 is 2.16 bits per heavy atom. The SMILES string of the molecule is O=C(NCc1cccs1)C1(c2cccc(Cl)c2)CC1. The molecule has 0 unspecified atom stereocenters. The zero-order valence-electron chi connectivity index (χ0n) is 10.4. The van der Waals surface area contributed by atoms with E-state index in [1.807, 2.05) is 41.8 Å². The highest BCUT2D eigenvalue weighted by Crippen LogP contribution is 2.48. The predicted octanol–water partition coefficient (Wildman–Crippen LogP) is 3.75. The van der Waals surface area contributed by atoms with Crippen molar-refractivity contribution in [3.8, 4) is 0 Å². The Bertz CT molecular complexity index is 590. The smallest absolute Gasteiger partial charge is 0.230 e. The quantitative estimate of drug-likeness (QED) is 0.913. The van der Waals surface area contributed by atoms with Crippen LogP contribution >= 0.6 is 22.9 Å². The van der Waals surface area contributed by atoms with Crippen molar-refractivity contribution < 1.29 is 4.79 Å². The maximum atomic E-state index is 12.4. The zero-order chi connectivity index (χ0) is 13.3. The average Bonchev–Trinajstić information content (AvgIpc) is 3.06. The normalized spacial score (nSPS) is 16.1. The molecule has 19 heavy (non-hydrogen) atoms. The molecule has 98 valence electrons. The number of halogens is 1. The molecule has 1 heterocycles. The molecule has 3 rings (SSSR count). The van der Waals surface area contributed by atoms with Gasteiger partial charge in [0.15, 0.2) is 0 Å². The van der Waals surface area contributed by atoms with Crippen molar-refractivity contribution >= 4 is 28.8 Å². The molecule has 1 saturated carbocycles. The molecule has 0 aliphatic heterocycles. The maximum absolute atomic E-state index is 12.4. The van der Waals surface area contributed by atoms with Gasteiger partial charge >= 0.3 is 0 Å². The largest absolute Gasteiger partial charge is 0.350 e. The highest BCUT2D eigenvalue weighted by molar-refractivity contribution is 7.09. The van der Waals surface area contributed by atoms with Gasteiger partial charge in [0, 0.05) is 9.90 Å². The first-order chi connectivity index (χ1) is 9.21. The summed E-state index contributed by atoms with van der Waals surface area (Å²) in [5.74, 6) is 0.114.